The Morgan fingerprint density at radius 1 is 1.33 bits per heavy atom. The first kappa shape index (κ1) is 16.1. The van der Waals surface area contributed by atoms with Crippen LogP contribution in [0.3, 0.4) is 0 Å². The molecule has 0 spiro atoms. The van der Waals surface area contributed by atoms with E-state index in [9.17, 15) is 19.2 Å². The fourth-order valence-corrected chi connectivity index (χ4v) is 3.02. The van der Waals surface area contributed by atoms with Gasteiger partial charge >= 0.3 is 0 Å². The van der Waals surface area contributed by atoms with Gasteiger partial charge in [-0.3, -0.25) is 24.5 Å². The number of carbonyl (C=O) groups is 4. The molecule has 3 rings (SSSR count). The minimum atomic E-state index is -0.691. The number of hydrogen-bond donors (Lipinski definition) is 3. The van der Waals surface area contributed by atoms with Gasteiger partial charge in [-0.05, 0) is 18.6 Å². The van der Waals surface area contributed by atoms with Crippen molar-refractivity contribution >= 4 is 29.3 Å². The molecule has 4 amide bonds. The number of fused-ring (bicyclic) bond motifs is 1. The summed E-state index contributed by atoms with van der Waals surface area (Å²) in [6.07, 6.45) is 0.446. The van der Waals surface area contributed by atoms with Gasteiger partial charge in [0.2, 0.25) is 17.7 Å². The minimum absolute atomic E-state index is 0.0333. The van der Waals surface area contributed by atoms with E-state index in [1.54, 1.807) is 18.2 Å². The largest absolute Gasteiger partial charge is 0.396 e. The Morgan fingerprint density at radius 2 is 2.12 bits per heavy atom. The quantitative estimate of drug-likeness (QED) is 0.659. The molecule has 2 aliphatic heterocycles. The molecule has 1 saturated heterocycles. The maximum atomic E-state index is 12.6. The number of amides is 4. The van der Waals surface area contributed by atoms with Crippen molar-refractivity contribution < 1.29 is 24.3 Å². The van der Waals surface area contributed by atoms with Crippen molar-refractivity contribution in [3.05, 3.63) is 29.3 Å². The molecule has 0 radical (unpaired) electrons. The molecule has 126 valence electrons. The number of hydrogen-bond acceptors (Lipinski definition) is 5. The molecule has 1 fully saturated rings. The lowest BCUT2D eigenvalue weighted by Gasteiger charge is -2.29. The minimum Gasteiger partial charge on any atom is -0.396 e. The second-order valence-corrected chi connectivity index (χ2v) is 5.75. The summed E-state index contributed by atoms with van der Waals surface area (Å²) in [6.45, 7) is -0.0712. The van der Waals surface area contributed by atoms with Crippen LogP contribution in [0.5, 0.6) is 0 Å². The Morgan fingerprint density at radius 3 is 2.83 bits per heavy atom. The zero-order valence-corrected chi connectivity index (χ0v) is 12.9. The fourth-order valence-electron chi connectivity index (χ4n) is 3.02. The maximum Gasteiger partial charge on any atom is 0.255 e. The van der Waals surface area contributed by atoms with Gasteiger partial charge in [-0.25, -0.2) is 0 Å². The van der Waals surface area contributed by atoms with E-state index < -0.39 is 11.9 Å². The van der Waals surface area contributed by atoms with E-state index in [4.69, 9.17) is 5.11 Å². The molecule has 1 unspecified atom stereocenters. The number of imide groups is 1. The average molecular weight is 331 g/mol. The first-order chi connectivity index (χ1) is 11.5. The molecule has 0 aromatic heterocycles. The van der Waals surface area contributed by atoms with Crippen LogP contribution < -0.4 is 10.6 Å². The highest BCUT2D eigenvalue weighted by atomic mass is 16.3. The van der Waals surface area contributed by atoms with Crippen LogP contribution in [0.15, 0.2) is 18.2 Å². The highest BCUT2D eigenvalue weighted by molar-refractivity contribution is 6.06. The normalized spacial score (nSPS) is 20.0. The second-order valence-electron chi connectivity index (χ2n) is 5.75. The number of carbonyl (C=O) groups excluding carboxylic acids is 4. The van der Waals surface area contributed by atoms with Crippen molar-refractivity contribution in [1.29, 1.82) is 0 Å². The molecule has 0 bridgehead atoms. The SMILES string of the molecule is O=C1CCC(N2Cc3c(NC(=O)CCO)cccc3C2=O)C(=O)N1. The Balaban J connectivity index is 1.83. The fraction of sp³-hybridized carbons (Fsp3) is 0.375. The molecule has 2 aliphatic rings. The van der Waals surface area contributed by atoms with Gasteiger partial charge in [-0.2, -0.15) is 0 Å². The highest BCUT2D eigenvalue weighted by Gasteiger charge is 2.39. The summed E-state index contributed by atoms with van der Waals surface area (Å²) in [5, 5.41) is 13.7. The van der Waals surface area contributed by atoms with Gasteiger partial charge in [-0.15, -0.1) is 0 Å². The summed E-state index contributed by atoms with van der Waals surface area (Å²) in [5.74, 6) is -1.45. The van der Waals surface area contributed by atoms with Crippen LogP contribution in [0.1, 0.15) is 35.2 Å². The molecular formula is C16H17N3O5. The summed E-state index contributed by atoms with van der Waals surface area (Å²) in [6, 6.07) is 4.28. The number of piperidine rings is 1. The summed E-state index contributed by atoms with van der Waals surface area (Å²) >= 11 is 0. The van der Waals surface area contributed by atoms with Crippen LogP contribution in [0.25, 0.3) is 0 Å². The molecular weight excluding hydrogens is 314 g/mol. The topological polar surface area (TPSA) is 116 Å². The number of anilines is 1. The van der Waals surface area contributed by atoms with Crippen LogP contribution >= 0.6 is 0 Å². The summed E-state index contributed by atoms with van der Waals surface area (Å²) in [5.41, 5.74) is 1.56. The molecule has 1 aromatic carbocycles. The van der Waals surface area contributed by atoms with Crippen LogP contribution in [-0.4, -0.2) is 46.3 Å². The second kappa shape index (κ2) is 6.40. The third-order valence-electron chi connectivity index (χ3n) is 4.20. The van der Waals surface area contributed by atoms with Gasteiger partial charge in [0.05, 0.1) is 13.0 Å². The lowest BCUT2D eigenvalue weighted by atomic mass is 10.0. The predicted octanol–water partition coefficient (Wildman–Crippen LogP) is -0.232. The summed E-state index contributed by atoms with van der Waals surface area (Å²) in [4.78, 5) is 49.0. The Labute approximate surface area is 137 Å². The van der Waals surface area contributed by atoms with Gasteiger partial charge in [0.1, 0.15) is 6.04 Å². The van der Waals surface area contributed by atoms with Crippen molar-refractivity contribution in [3.8, 4) is 0 Å². The van der Waals surface area contributed by atoms with Crippen molar-refractivity contribution in [2.75, 3.05) is 11.9 Å². The van der Waals surface area contributed by atoms with E-state index in [-0.39, 0.29) is 50.1 Å². The van der Waals surface area contributed by atoms with Crippen LogP contribution in [-0.2, 0) is 20.9 Å². The van der Waals surface area contributed by atoms with Gasteiger partial charge in [0.15, 0.2) is 0 Å². The van der Waals surface area contributed by atoms with Crippen molar-refractivity contribution in [2.24, 2.45) is 0 Å². The molecule has 2 heterocycles. The molecule has 1 aromatic rings. The van der Waals surface area contributed by atoms with Gasteiger partial charge < -0.3 is 15.3 Å². The Hall–Kier alpha value is -2.74. The van der Waals surface area contributed by atoms with E-state index >= 15 is 0 Å². The smallest absolute Gasteiger partial charge is 0.255 e. The van der Waals surface area contributed by atoms with Crippen molar-refractivity contribution in [3.63, 3.8) is 0 Å². The van der Waals surface area contributed by atoms with Gasteiger partial charge in [0.25, 0.3) is 5.91 Å². The number of aliphatic hydroxyl groups is 1. The molecule has 0 saturated carbocycles. The Kier molecular flexibility index (Phi) is 4.30. The molecule has 0 aliphatic carbocycles. The third kappa shape index (κ3) is 2.88. The van der Waals surface area contributed by atoms with E-state index in [1.807, 2.05) is 0 Å². The van der Waals surface area contributed by atoms with Crippen molar-refractivity contribution in [2.45, 2.75) is 31.8 Å². The number of aliphatic hydroxyl groups excluding tert-OH is 1. The first-order valence-corrected chi connectivity index (χ1v) is 7.68. The molecule has 3 N–H and O–H groups in total. The van der Waals surface area contributed by atoms with Crippen LogP contribution in [0, 0.1) is 0 Å². The molecule has 1 atom stereocenters. The average Bonchev–Trinajstić information content (AvgIpc) is 2.86. The zero-order valence-electron chi connectivity index (χ0n) is 12.9. The third-order valence-corrected chi connectivity index (χ3v) is 4.20. The first-order valence-electron chi connectivity index (χ1n) is 7.68. The van der Waals surface area contributed by atoms with Crippen LogP contribution in [0.2, 0.25) is 0 Å². The standard InChI is InChI=1S/C16H17N3O5/c20-7-6-14(22)17-11-3-1-2-9-10(11)8-19(16(9)24)12-4-5-13(21)18-15(12)23/h1-3,12,20H,4-8H2,(H,17,22)(H,18,21,23). The summed E-state index contributed by atoms with van der Waals surface area (Å²) in [7, 11) is 0. The summed E-state index contributed by atoms with van der Waals surface area (Å²) < 4.78 is 0. The van der Waals surface area contributed by atoms with E-state index in [0.29, 0.717) is 16.8 Å². The van der Waals surface area contributed by atoms with Gasteiger partial charge in [-0.1, -0.05) is 6.07 Å². The van der Waals surface area contributed by atoms with Crippen LogP contribution in [0.4, 0.5) is 5.69 Å². The number of nitrogens with one attached hydrogen (secondary N) is 2. The highest BCUT2D eigenvalue weighted by Crippen LogP contribution is 2.32. The maximum absolute atomic E-state index is 12.6. The monoisotopic (exact) mass is 331 g/mol. The lowest BCUT2D eigenvalue weighted by Crippen LogP contribution is -2.52. The van der Waals surface area contributed by atoms with E-state index in [0.717, 1.165) is 0 Å². The number of rotatable bonds is 4. The van der Waals surface area contributed by atoms with Crippen molar-refractivity contribution in [1.82, 2.24) is 10.2 Å². The predicted molar refractivity (Wildman–Crippen MR) is 82.8 cm³/mol. The van der Waals surface area contributed by atoms with E-state index in [1.165, 1.54) is 4.90 Å². The van der Waals surface area contributed by atoms with Gasteiger partial charge in [0, 0.05) is 29.8 Å². The number of benzene rings is 1. The lowest BCUT2D eigenvalue weighted by molar-refractivity contribution is -0.137. The molecule has 24 heavy (non-hydrogen) atoms. The van der Waals surface area contributed by atoms with E-state index in [2.05, 4.69) is 10.6 Å². The number of nitrogens with zero attached hydrogens (tertiary/aromatic N) is 1. The molecule has 8 nitrogen and oxygen atoms in total. The zero-order chi connectivity index (χ0) is 17.3. The Bertz CT molecular complexity index is 730. The molecule has 8 heteroatoms.